The zero-order valence-electron chi connectivity index (χ0n) is 9.50. The third-order valence-electron chi connectivity index (χ3n) is 2.83. The molecule has 1 heterocycles. The number of benzene rings is 1. The lowest BCUT2D eigenvalue weighted by Gasteiger charge is -2.19. The molecule has 2 aromatic rings. The summed E-state index contributed by atoms with van der Waals surface area (Å²) >= 11 is 0. The fraction of sp³-hybridized carbons (Fsp3) is 0.154. The molecule has 0 bridgehead atoms. The molecule has 5 heteroatoms. The van der Waals surface area contributed by atoms with Crippen LogP contribution in [0.15, 0.2) is 30.5 Å². The van der Waals surface area contributed by atoms with E-state index in [2.05, 4.69) is 5.92 Å². The molecule has 0 aliphatic rings. The topological polar surface area (TPSA) is 88.5 Å². The minimum atomic E-state index is -1.80. The summed E-state index contributed by atoms with van der Waals surface area (Å²) in [5.74, 6) is 0.866. The fourth-order valence-corrected chi connectivity index (χ4v) is 1.80. The van der Waals surface area contributed by atoms with Gasteiger partial charge in [-0.3, -0.25) is 0 Å². The largest absolute Gasteiger partial charge is 0.506 e. The summed E-state index contributed by atoms with van der Waals surface area (Å²) in [4.78, 5) is 11.1. The average Bonchev–Trinajstić information content (AvgIpc) is 2.66. The minimum Gasteiger partial charge on any atom is -0.506 e. The van der Waals surface area contributed by atoms with Gasteiger partial charge in [0.1, 0.15) is 5.75 Å². The van der Waals surface area contributed by atoms with Crippen molar-refractivity contribution in [3.05, 3.63) is 30.5 Å². The lowest BCUT2D eigenvalue weighted by Crippen LogP contribution is -2.50. The first-order valence-corrected chi connectivity index (χ1v) is 5.25. The summed E-state index contributed by atoms with van der Waals surface area (Å²) in [6.45, 7) is -0.111. The van der Waals surface area contributed by atoms with Crippen LogP contribution < -0.4 is 5.73 Å². The first-order valence-electron chi connectivity index (χ1n) is 5.25. The van der Waals surface area contributed by atoms with Crippen molar-refractivity contribution in [2.45, 2.75) is 12.1 Å². The van der Waals surface area contributed by atoms with E-state index in [0.717, 1.165) is 0 Å². The monoisotopic (exact) mass is 244 g/mol. The van der Waals surface area contributed by atoms with Gasteiger partial charge in [-0.25, -0.2) is 4.79 Å². The molecule has 1 aromatic heterocycles. The van der Waals surface area contributed by atoms with Crippen LogP contribution in [0, 0.1) is 12.3 Å². The van der Waals surface area contributed by atoms with Crippen LogP contribution in [-0.4, -0.2) is 26.3 Å². The highest BCUT2D eigenvalue weighted by Crippen LogP contribution is 2.27. The number of nitrogens with zero attached hydrogens (tertiary/aromatic N) is 1. The first kappa shape index (κ1) is 12.0. The minimum absolute atomic E-state index is 0.0651. The van der Waals surface area contributed by atoms with Crippen molar-refractivity contribution in [1.82, 2.24) is 4.57 Å². The number of carboxylic acid groups (broad SMARTS) is 1. The van der Waals surface area contributed by atoms with E-state index in [1.165, 1.54) is 6.20 Å². The molecule has 1 unspecified atom stereocenters. The number of fused-ring (bicyclic) bond motifs is 1. The highest BCUT2D eigenvalue weighted by atomic mass is 16.4. The Morgan fingerprint density at radius 1 is 1.50 bits per heavy atom. The van der Waals surface area contributed by atoms with Gasteiger partial charge in [0.15, 0.2) is 5.54 Å². The Morgan fingerprint density at radius 2 is 2.17 bits per heavy atom. The Bertz CT molecular complexity index is 654. The maximum Gasteiger partial charge on any atom is 0.338 e. The third kappa shape index (κ3) is 1.79. The van der Waals surface area contributed by atoms with E-state index in [0.29, 0.717) is 10.9 Å². The van der Waals surface area contributed by atoms with Crippen molar-refractivity contribution >= 4 is 16.9 Å². The van der Waals surface area contributed by atoms with Crippen molar-refractivity contribution in [3.63, 3.8) is 0 Å². The Labute approximate surface area is 103 Å². The van der Waals surface area contributed by atoms with Gasteiger partial charge in [0.05, 0.1) is 12.1 Å². The van der Waals surface area contributed by atoms with Crippen molar-refractivity contribution in [3.8, 4) is 18.1 Å². The van der Waals surface area contributed by atoms with E-state index in [1.54, 1.807) is 28.8 Å². The molecule has 5 nitrogen and oxygen atoms in total. The standard InChI is InChI=1S/C13H12N2O3/c1-2-13(14,12(17)18)8-15-7-11(16)9-5-3-4-6-10(9)15/h1,3-7,16H,8,14H2,(H,17,18). The second-order valence-electron chi connectivity index (χ2n) is 4.08. The van der Waals surface area contributed by atoms with Crippen LogP contribution in [0.2, 0.25) is 0 Å². The molecule has 1 atom stereocenters. The van der Waals surface area contributed by atoms with Crippen LogP contribution in [0.5, 0.6) is 5.75 Å². The summed E-state index contributed by atoms with van der Waals surface area (Å²) in [5.41, 5.74) is 4.52. The van der Waals surface area contributed by atoms with Crippen molar-refractivity contribution < 1.29 is 15.0 Å². The second kappa shape index (κ2) is 4.09. The number of rotatable bonds is 3. The van der Waals surface area contributed by atoms with Gasteiger partial charge in [-0.1, -0.05) is 18.1 Å². The zero-order valence-corrected chi connectivity index (χ0v) is 9.50. The maximum absolute atomic E-state index is 11.1. The lowest BCUT2D eigenvalue weighted by molar-refractivity contribution is -0.141. The number of nitrogens with two attached hydrogens (primary N) is 1. The molecule has 1 aromatic carbocycles. The van der Waals surface area contributed by atoms with Crippen LogP contribution in [0.3, 0.4) is 0 Å². The van der Waals surface area contributed by atoms with Crippen LogP contribution >= 0.6 is 0 Å². The summed E-state index contributed by atoms with van der Waals surface area (Å²) in [7, 11) is 0. The molecule has 0 radical (unpaired) electrons. The normalized spacial score (nSPS) is 14.0. The van der Waals surface area contributed by atoms with E-state index in [-0.39, 0.29) is 12.3 Å². The molecule has 4 N–H and O–H groups in total. The van der Waals surface area contributed by atoms with Gasteiger partial charge in [0.25, 0.3) is 0 Å². The summed E-state index contributed by atoms with van der Waals surface area (Å²) in [6, 6.07) is 7.05. The number of hydrogen-bond acceptors (Lipinski definition) is 3. The molecule has 92 valence electrons. The third-order valence-corrected chi connectivity index (χ3v) is 2.83. The van der Waals surface area contributed by atoms with Crippen molar-refractivity contribution in [2.24, 2.45) is 5.73 Å². The van der Waals surface area contributed by atoms with E-state index >= 15 is 0 Å². The molecule has 2 rings (SSSR count). The number of terminal acetylenes is 1. The number of aliphatic carboxylic acids is 1. The van der Waals surface area contributed by atoms with Crippen LogP contribution in [0.4, 0.5) is 0 Å². The predicted octanol–water partition coefficient (Wildman–Crippen LogP) is 0.762. The van der Waals surface area contributed by atoms with E-state index in [9.17, 15) is 9.90 Å². The molecular weight excluding hydrogens is 232 g/mol. The molecule has 0 amide bonds. The van der Waals surface area contributed by atoms with E-state index in [4.69, 9.17) is 17.3 Å². The molecule has 18 heavy (non-hydrogen) atoms. The van der Waals surface area contributed by atoms with Crippen LogP contribution in [0.25, 0.3) is 10.9 Å². The number of hydrogen-bond donors (Lipinski definition) is 3. The molecule has 0 saturated heterocycles. The summed E-state index contributed by atoms with van der Waals surface area (Å²) in [6.07, 6.45) is 6.60. The average molecular weight is 244 g/mol. The Balaban J connectivity index is 2.51. The second-order valence-corrected chi connectivity index (χ2v) is 4.08. The molecule has 0 aliphatic carbocycles. The van der Waals surface area contributed by atoms with Crippen LogP contribution in [-0.2, 0) is 11.3 Å². The molecule has 0 saturated carbocycles. The number of carbonyl (C=O) groups is 1. The SMILES string of the molecule is C#CC(N)(Cn1cc(O)c2ccccc21)C(=O)O. The number of carboxylic acids is 1. The van der Waals surface area contributed by atoms with E-state index < -0.39 is 11.5 Å². The van der Waals surface area contributed by atoms with Gasteiger partial charge in [-0.15, -0.1) is 6.42 Å². The Kier molecular flexibility index (Phi) is 2.73. The molecular formula is C13H12N2O3. The van der Waals surface area contributed by atoms with Crippen LogP contribution in [0.1, 0.15) is 0 Å². The number of aromatic hydroxyl groups is 1. The van der Waals surface area contributed by atoms with Gasteiger partial charge in [0, 0.05) is 11.6 Å². The number of para-hydroxylation sites is 1. The maximum atomic E-state index is 11.1. The Morgan fingerprint density at radius 3 is 2.78 bits per heavy atom. The van der Waals surface area contributed by atoms with E-state index in [1.807, 2.05) is 0 Å². The number of aromatic nitrogens is 1. The molecule has 0 spiro atoms. The van der Waals surface area contributed by atoms with Crippen molar-refractivity contribution in [1.29, 1.82) is 0 Å². The summed E-state index contributed by atoms with van der Waals surface area (Å²) < 4.78 is 1.54. The van der Waals surface area contributed by atoms with Gasteiger partial charge in [-0.2, -0.15) is 0 Å². The highest BCUT2D eigenvalue weighted by molar-refractivity contribution is 5.87. The van der Waals surface area contributed by atoms with Crippen molar-refractivity contribution in [2.75, 3.05) is 0 Å². The van der Waals surface area contributed by atoms with Gasteiger partial charge in [0.2, 0.25) is 0 Å². The first-order chi connectivity index (χ1) is 8.48. The zero-order chi connectivity index (χ0) is 13.3. The smallest absolute Gasteiger partial charge is 0.338 e. The quantitative estimate of drug-likeness (QED) is 0.695. The lowest BCUT2D eigenvalue weighted by atomic mass is 10.0. The van der Waals surface area contributed by atoms with Gasteiger partial charge >= 0.3 is 5.97 Å². The van der Waals surface area contributed by atoms with Gasteiger partial charge in [-0.05, 0) is 12.1 Å². The molecule has 0 fully saturated rings. The highest BCUT2D eigenvalue weighted by Gasteiger charge is 2.32. The van der Waals surface area contributed by atoms with Gasteiger partial charge < -0.3 is 20.5 Å². The fourth-order valence-electron chi connectivity index (χ4n) is 1.80. The predicted molar refractivity (Wildman–Crippen MR) is 67.0 cm³/mol. The Hall–Kier alpha value is -2.45. The summed E-state index contributed by atoms with van der Waals surface area (Å²) in [5, 5.41) is 19.4. The molecule has 0 aliphatic heterocycles.